The number of carbonyl (C=O) groups is 1. The Morgan fingerprint density at radius 3 is 2.53 bits per heavy atom. The third-order valence-corrected chi connectivity index (χ3v) is 3.73. The molecule has 2 rings (SSSR count). The lowest BCUT2D eigenvalue weighted by atomic mass is 10.1. The van der Waals surface area contributed by atoms with Gasteiger partial charge in [-0.3, -0.25) is 10.1 Å². The van der Waals surface area contributed by atoms with Gasteiger partial charge in [0, 0.05) is 6.54 Å². The van der Waals surface area contributed by atoms with E-state index in [-0.39, 0.29) is 18.1 Å². The molecule has 0 radical (unpaired) electrons. The van der Waals surface area contributed by atoms with Gasteiger partial charge in [-0.25, -0.2) is 0 Å². The number of carbonyl (C=O) groups excluding carboxylic acids is 1. The monoisotopic (exact) mass is 260 g/mol. The average Bonchev–Trinajstić information content (AvgIpc) is 2.74. The van der Waals surface area contributed by atoms with Gasteiger partial charge in [-0.2, -0.15) is 0 Å². The van der Waals surface area contributed by atoms with Crippen LogP contribution in [0.25, 0.3) is 0 Å². The van der Waals surface area contributed by atoms with Crippen LogP contribution in [0.4, 0.5) is 0 Å². The molecule has 1 heterocycles. The van der Waals surface area contributed by atoms with Gasteiger partial charge in [-0.15, -0.1) is 0 Å². The maximum absolute atomic E-state index is 12.6. The van der Waals surface area contributed by atoms with E-state index in [0.717, 1.165) is 24.9 Å². The Morgan fingerprint density at radius 2 is 1.95 bits per heavy atom. The Hall–Kier alpha value is -1.35. The molecule has 1 aromatic rings. The van der Waals surface area contributed by atoms with E-state index in [0.29, 0.717) is 5.92 Å². The Labute approximate surface area is 116 Å². The first kappa shape index (κ1) is 14.1. The zero-order chi connectivity index (χ0) is 13.8. The first-order valence-electron chi connectivity index (χ1n) is 7.25. The van der Waals surface area contributed by atoms with Gasteiger partial charge in [-0.05, 0) is 24.3 Å². The van der Waals surface area contributed by atoms with Crippen LogP contribution in [-0.4, -0.2) is 23.5 Å². The molecule has 1 aliphatic heterocycles. The average molecular weight is 260 g/mol. The molecule has 0 bridgehead atoms. The van der Waals surface area contributed by atoms with E-state index in [1.54, 1.807) is 0 Å². The fourth-order valence-corrected chi connectivity index (χ4v) is 2.56. The number of nitrogens with zero attached hydrogens (tertiary/aromatic N) is 1. The fraction of sp³-hybridized carbons (Fsp3) is 0.562. The van der Waals surface area contributed by atoms with Gasteiger partial charge in [0.05, 0.1) is 6.17 Å². The van der Waals surface area contributed by atoms with Crippen LogP contribution in [0.1, 0.15) is 45.2 Å². The van der Waals surface area contributed by atoms with E-state index in [1.165, 1.54) is 0 Å². The van der Waals surface area contributed by atoms with E-state index in [4.69, 9.17) is 0 Å². The van der Waals surface area contributed by atoms with Crippen molar-refractivity contribution in [2.75, 3.05) is 6.54 Å². The Balaban J connectivity index is 2.11. The normalized spacial score (nSPS) is 23.4. The molecule has 19 heavy (non-hydrogen) atoms. The predicted molar refractivity (Wildman–Crippen MR) is 77.6 cm³/mol. The molecular formula is C16H24N2O. The molecule has 1 fully saturated rings. The van der Waals surface area contributed by atoms with Crippen LogP contribution in [0.2, 0.25) is 0 Å². The second kappa shape index (κ2) is 6.20. The molecule has 1 saturated heterocycles. The second-order valence-electron chi connectivity index (χ2n) is 5.65. The summed E-state index contributed by atoms with van der Waals surface area (Å²) in [5, 5.41) is 3.46. The molecule has 0 aromatic heterocycles. The molecule has 2 unspecified atom stereocenters. The van der Waals surface area contributed by atoms with Crippen molar-refractivity contribution in [1.82, 2.24) is 10.2 Å². The smallest absolute Gasteiger partial charge is 0.245 e. The lowest BCUT2D eigenvalue weighted by Gasteiger charge is -2.23. The van der Waals surface area contributed by atoms with Crippen LogP contribution < -0.4 is 5.32 Å². The molecule has 104 valence electrons. The van der Waals surface area contributed by atoms with Crippen LogP contribution >= 0.6 is 0 Å². The van der Waals surface area contributed by atoms with Gasteiger partial charge in [0.25, 0.3) is 0 Å². The van der Waals surface area contributed by atoms with Crippen LogP contribution in [0.5, 0.6) is 0 Å². The predicted octanol–water partition coefficient (Wildman–Crippen LogP) is 2.94. The van der Waals surface area contributed by atoms with Gasteiger partial charge < -0.3 is 4.90 Å². The van der Waals surface area contributed by atoms with Crippen LogP contribution in [-0.2, 0) is 4.79 Å². The molecule has 1 aliphatic rings. The summed E-state index contributed by atoms with van der Waals surface area (Å²) < 4.78 is 0. The summed E-state index contributed by atoms with van der Waals surface area (Å²) in [4.78, 5) is 14.6. The molecule has 1 aromatic carbocycles. The number of nitrogens with one attached hydrogen (secondary N) is 1. The Bertz CT molecular complexity index is 416. The molecule has 2 atom stereocenters. The highest BCUT2D eigenvalue weighted by Crippen LogP contribution is 2.25. The summed E-state index contributed by atoms with van der Waals surface area (Å²) in [5.74, 6) is 0.847. The zero-order valence-electron chi connectivity index (χ0n) is 12.1. The van der Waals surface area contributed by atoms with Crippen LogP contribution in [0.15, 0.2) is 30.3 Å². The Morgan fingerprint density at radius 1 is 1.26 bits per heavy atom. The van der Waals surface area contributed by atoms with Crippen molar-refractivity contribution in [3.05, 3.63) is 35.9 Å². The highest BCUT2D eigenvalue weighted by molar-refractivity contribution is 5.85. The number of hydrogen-bond acceptors (Lipinski definition) is 2. The van der Waals surface area contributed by atoms with E-state index in [2.05, 4.69) is 26.1 Å². The van der Waals surface area contributed by atoms with Crippen molar-refractivity contribution in [2.24, 2.45) is 5.92 Å². The number of benzene rings is 1. The first-order valence-corrected chi connectivity index (χ1v) is 7.25. The fourth-order valence-electron chi connectivity index (χ4n) is 2.56. The minimum Gasteiger partial charge on any atom is -0.325 e. The molecule has 0 spiro atoms. The SMILES string of the molecule is CCC1NC(c2ccccc2)C(=O)N1CCC(C)C. The lowest BCUT2D eigenvalue weighted by Crippen LogP contribution is -2.37. The summed E-state index contributed by atoms with van der Waals surface area (Å²) in [5.41, 5.74) is 1.07. The van der Waals surface area contributed by atoms with E-state index >= 15 is 0 Å². The number of hydrogen-bond donors (Lipinski definition) is 1. The van der Waals surface area contributed by atoms with Crippen molar-refractivity contribution in [3.8, 4) is 0 Å². The summed E-state index contributed by atoms with van der Waals surface area (Å²) in [6, 6.07) is 9.84. The first-order chi connectivity index (χ1) is 9.13. The van der Waals surface area contributed by atoms with Gasteiger partial charge in [0.15, 0.2) is 0 Å². The number of amides is 1. The molecular weight excluding hydrogens is 236 g/mol. The highest BCUT2D eigenvalue weighted by Gasteiger charge is 2.38. The lowest BCUT2D eigenvalue weighted by molar-refractivity contribution is -0.130. The van der Waals surface area contributed by atoms with Crippen molar-refractivity contribution >= 4 is 5.91 Å². The van der Waals surface area contributed by atoms with Crippen molar-refractivity contribution in [3.63, 3.8) is 0 Å². The quantitative estimate of drug-likeness (QED) is 0.883. The van der Waals surface area contributed by atoms with Crippen molar-refractivity contribution in [2.45, 2.75) is 45.8 Å². The van der Waals surface area contributed by atoms with Crippen LogP contribution in [0, 0.1) is 5.92 Å². The molecule has 3 nitrogen and oxygen atoms in total. The largest absolute Gasteiger partial charge is 0.325 e. The molecule has 0 saturated carbocycles. The molecule has 1 amide bonds. The van der Waals surface area contributed by atoms with Gasteiger partial charge in [0.2, 0.25) is 5.91 Å². The molecule has 3 heteroatoms. The highest BCUT2D eigenvalue weighted by atomic mass is 16.2. The van der Waals surface area contributed by atoms with Gasteiger partial charge >= 0.3 is 0 Å². The summed E-state index contributed by atoms with van der Waals surface area (Å²) >= 11 is 0. The summed E-state index contributed by atoms with van der Waals surface area (Å²) in [6.07, 6.45) is 2.19. The third kappa shape index (κ3) is 3.16. The molecule has 0 aliphatic carbocycles. The third-order valence-electron chi connectivity index (χ3n) is 3.73. The maximum Gasteiger partial charge on any atom is 0.245 e. The van der Waals surface area contributed by atoms with Crippen molar-refractivity contribution in [1.29, 1.82) is 0 Å². The van der Waals surface area contributed by atoms with E-state index in [1.807, 2.05) is 35.2 Å². The minimum absolute atomic E-state index is 0.168. The van der Waals surface area contributed by atoms with Crippen LogP contribution in [0.3, 0.4) is 0 Å². The minimum atomic E-state index is -0.168. The van der Waals surface area contributed by atoms with Gasteiger partial charge in [-0.1, -0.05) is 51.1 Å². The second-order valence-corrected chi connectivity index (χ2v) is 5.65. The topological polar surface area (TPSA) is 32.3 Å². The zero-order valence-corrected chi connectivity index (χ0v) is 12.1. The Kier molecular flexibility index (Phi) is 4.59. The van der Waals surface area contributed by atoms with E-state index < -0.39 is 0 Å². The molecule has 1 N–H and O–H groups in total. The number of rotatable bonds is 5. The summed E-state index contributed by atoms with van der Waals surface area (Å²) in [7, 11) is 0. The maximum atomic E-state index is 12.6. The van der Waals surface area contributed by atoms with E-state index in [9.17, 15) is 4.79 Å². The summed E-state index contributed by atoms with van der Waals surface area (Å²) in [6.45, 7) is 7.37. The van der Waals surface area contributed by atoms with Gasteiger partial charge in [0.1, 0.15) is 6.04 Å². The standard InChI is InChI=1S/C16H24N2O/c1-4-14-17-15(13-8-6-5-7-9-13)16(19)18(14)11-10-12(2)3/h5-9,12,14-15,17H,4,10-11H2,1-3H3. The van der Waals surface area contributed by atoms with Crippen molar-refractivity contribution < 1.29 is 4.79 Å².